The van der Waals surface area contributed by atoms with Crippen LogP contribution in [-0.2, 0) is 13.0 Å². The average molecular weight is 285 g/mol. The van der Waals surface area contributed by atoms with E-state index in [1.54, 1.807) is 30.3 Å². The van der Waals surface area contributed by atoms with Crippen LogP contribution < -0.4 is 0 Å². The van der Waals surface area contributed by atoms with Crippen molar-refractivity contribution in [1.29, 1.82) is 0 Å². The van der Waals surface area contributed by atoms with Gasteiger partial charge in [0.15, 0.2) is 0 Å². The molecule has 0 aliphatic rings. The molecule has 0 fully saturated rings. The number of carboxylic acid groups (broad SMARTS) is 1. The maximum absolute atomic E-state index is 13.6. The molecule has 0 unspecified atom stereocenters. The molecule has 1 heterocycles. The van der Waals surface area contributed by atoms with Gasteiger partial charge in [0.25, 0.3) is 0 Å². The molecule has 1 aromatic heterocycles. The van der Waals surface area contributed by atoms with Crippen molar-refractivity contribution < 1.29 is 14.3 Å². The fourth-order valence-corrected chi connectivity index (χ4v) is 2.29. The lowest BCUT2D eigenvalue weighted by Gasteiger charge is -2.05. The molecule has 0 atom stereocenters. The van der Waals surface area contributed by atoms with Crippen LogP contribution in [0.3, 0.4) is 0 Å². The highest BCUT2D eigenvalue weighted by Crippen LogP contribution is 2.17. The van der Waals surface area contributed by atoms with Gasteiger partial charge in [-0.3, -0.25) is 0 Å². The summed E-state index contributed by atoms with van der Waals surface area (Å²) in [5.74, 6) is -1.31. The van der Waals surface area contributed by atoms with Crippen LogP contribution in [0.15, 0.2) is 42.5 Å². The van der Waals surface area contributed by atoms with E-state index < -0.39 is 5.97 Å². The van der Waals surface area contributed by atoms with Crippen LogP contribution in [-0.4, -0.2) is 26.1 Å². The van der Waals surface area contributed by atoms with Crippen molar-refractivity contribution >= 4 is 17.0 Å². The van der Waals surface area contributed by atoms with Gasteiger partial charge in [-0.05, 0) is 30.2 Å². The molecule has 0 bridgehead atoms. The van der Waals surface area contributed by atoms with Crippen LogP contribution in [0.2, 0.25) is 0 Å². The Morgan fingerprint density at radius 3 is 2.76 bits per heavy atom. The summed E-state index contributed by atoms with van der Waals surface area (Å²) < 4.78 is 15.1. The largest absolute Gasteiger partial charge is 0.478 e. The minimum Gasteiger partial charge on any atom is -0.478 e. The van der Waals surface area contributed by atoms with Crippen LogP contribution in [0.4, 0.5) is 4.39 Å². The van der Waals surface area contributed by atoms with Gasteiger partial charge in [-0.15, -0.1) is 5.10 Å². The first kappa shape index (κ1) is 13.2. The number of para-hydroxylation sites is 1. The maximum atomic E-state index is 13.6. The van der Waals surface area contributed by atoms with E-state index in [4.69, 9.17) is 0 Å². The summed E-state index contributed by atoms with van der Waals surface area (Å²) in [7, 11) is 0. The second kappa shape index (κ2) is 5.32. The third kappa shape index (κ3) is 2.47. The summed E-state index contributed by atoms with van der Waals surface area (Å²) in [6.45, 7) is 0.363. The van der Waals surface area contributed by atoms with Crippen molar-refractivity contribution in [3.05, 3.63) is 59.4 Å². The molecule has 21 heavy (non-hydrogen) atoms. The second-order valence-corrected chi connectivity index (χ2v) is 4.63. The van der Waals surface area contributed by atoms with E-state index in [0.29, 0.717) is 29.6 Å². The van der Waals surface area contributed by atoms with E-state index in [0.717, 1.165) is 0 Å². The summed E-state index contributed by atoms with van der Waals surface area (Å²) in [5, 5.41) is 17.1. The maximum Gasteiger partial charge on any atom is 0.337 e. The van der Waals surface area contributed by atoms with Crippen LogP contribution in [0.5, 0.6) is 0 Å². The number of rotatable bonds is 4. The molecule has 0 saturated heterocycles. The SMILES string of the molecule is O=C(O)c1cccc2nnn(CCc3ccccc3F)c12. The van der Waals surface area contributed by atoms with Gasteiger partial charge in [0.1, 0.15) is 16.9 Å². The number of nitrogens with zero attached hydrogens (tertiary/aromatic N) is 3. The molecule has 1 N–H and O–H groups in total. The first-order valence-corrected chi connectivity index (χ1v) is 6.46. The fraction of sp³-hybridized carbons (Fsp3) is 0.133. The highest BCUT2D eigenvalue weighted by atomic mass is 19.1. The lowest BCUT2D eigenvalue weighted by atomic mass is 10.1. The molecule has 106 valence electrons. The number of carboxylic acids is 1. The van der Waals surface area contributed by atoms with E-state index in [1.165, 1.54) is 16.8 Å². The molecule has 3 aromatic rings. The smallest absolute Gasteiger partial charge is 0.337 e. The predicted octanol–water partition coefficient (Wildman–Crippen LogP) is 2.51. The Hall–Kier alpha value is -2.76. The second-order valence-electron chi connectivity index (χ2n) is 4.63. The number of hydrogen-bond donors (Lipinski definition) is 1. The molecule has 2 aromatic carbocycles. The van der Waals surface area contributed by atoms with E-state index >= 15 is 0 Å². The van der Waals surface area contributed by atoms with Gasteiger partial charge in [0.2, 0.25) is 0 Å². The summed E-state index contributed by atoms with van der Waals surface area (Å²) in [6.07, 6.45) is 0.416. The Morgan fingerprint density at radius 1 is 1.19 bits per heavy atom. The van der Waals surface area contributed by atoms with Crippen LogP contribution in [0.25, 0.3) is 11.0 Å². The molecule has 0 aliphatic heterocycles. The topological polar surface area (TPSA) is 68.0 Å². The molecule has 6 heteroatoms. The number of halogens is 1. The Morgan fingerprint density at radius 2 is 2.00 bits per heavy atom. The Labute approximate surface area is 119 Å². The van der Waals surface area contributed by atoms with E-state index in [2.05, 4.69) is 10.3 Å². The quantitative estimate of drug-likeness (QED) is 0.799. The highest BCUT2D eigenvalue weighted by molar-refractivity contribution is 6.00. The first-order chi connectivity index (χ1) is 10.2. The average Bonchev–Trinajstić information content (AvgIpc) is 2.89. The first-order valence-electron chi connectivity index (χ1n) is 6.46. The molecular formula is C15H12FN3O2. The lowest BCUT2D eigenvalue weighted by molar-refractivity contribution is 0.0698. The van der Waals surface area contributed by atoms with Gasteiger partial charge in [-0.25, -0.2) is 13.9 Å². The molecule has 0 aliphatic carbocycles. The van der Waals surface area contributed by atoms with Gasteiger partial charge in [-0.1, -0.05) is 29.5 Å². The van der Waals surface area contributed by atoms with Gasteiger partial charge in [-0.2, -0.15) is 0 Å². The molecule has 0 amide bonds. The van der Waals surface area contributed by atoms with E-state index in [9.17, 15) is 14.3 Å². The van der Waals surface area contributed by atoms with E-state index in [1.807, 2.05) is 0 Å². The van der Waals surface area contributed by atoms with Gasteiger partial charge in [0.05, 0.1) is 5.56 Å². The minimum atomic E-state index is -1.03. The minimum absolute atomic E-state index is 0.144. The normalized spacial score (nSPS) is 10.9. The van der Waals surface area contributed by atoms with Gasteiger partial charge < -0.3 is 5.11 Å². The zero-order valence-electron chi connectivity index (χ0n) is 11.0. The number of aryl methyl sites for hydroxylation is 2. The molecular weight excluding hydrogens is 273 g/mol. The van der Waals surface area contributed by atoms with Crippen LogP contribution >= 0.6 is 0 Å². The number of fused-ring (bicyclic) bond motifs is 1. The molecule has 0 saturated carbocycles. The standard InChI is InChI=1S/C15H12FN3O2/c16-12-6-2-1-4-10(12)8-9-19-14-11(15(20)21)5-3-7-13(14)17-18-19/h1-7H,8-9H2,(H,20,21). The number of benzene rings is 2. The molecule has 0 spiro atoms. The zero-order valence-corrected chi connectivity index (χ0v) is 11.0. The number of aromatic nitrogens is 3. The van der Waals surface area contributed by atoms with Crippen molar-refractivity contribution in [1.82, 2.24) is 15.0 Å². The van der Waals surface area contributed by atoms with Crippen molar-refractivity contribution in [3.63, 3.8) is 0 Å². The fourth-order valence-electron chi connectivity index (χ4n) is 2.29. The van der Waals surface area contributed by atoms with Crippen molar-refractivity contribution in [2.75, 3.05) is 0 Å². The van der Waals surface area contributed by atoms with E-state index in [-0.39, 0.29) is 11.4 Å². The van der Waals surface area contributed by atoms with Gasteiger partial charge >= 0.3 is 5.97 Å². The summed E-state index contributed by atoms with van der Waals surface area (Å²) >= 11 is 0. The Kier molecular flexibility index (Phi) is 3.35. The predicted molar refractivity (Wildman–Crippen MR) is 74.6 cm³/mol. The summed E-state index contributed by atoms with van der Waals surface area (Å²) in [5.41, 5.74) is 1.68. The van der Waals surface area contributed by atoms with Crippen molar-refractivity contribution in [2.24, 2.45) is 0 Å². The number of carbonyl (C=O) groups is 1. The number of aromatic carboxylic acids is 1. The summed E-state index contributed by atoms with van der Waals surface area (Å²) in [4.78, 5) is 11.3. The van der Waals surface area contributed by atoms with Gasteiger partial charge in [0, 0.05) is 6.54 Å². The third-order valence-electron chi connectivity index (χ3n) is 3.31. The number of hydrogen-bond acceptors (Lipinski definition) is 3. The van der Waals surface area contributed by atoms with Crippen LogP contribution in [0.1, 0.15) is 15.9 Å². The third-order valence-corrected chi connectivity index (χ3v) is 3.31. The monoisotopic (exact) mass is 285 g/mol. The Balaban J connectivity index is 1.95. The highest BCUT2D eigenvalue weighted by Gasteiger charge is 2.14. The van der Waals surface area contributed by atoms with Crippen molar-refractivity contribution in [2.45, 2.75) is 13.0 Å². The van der Waals surface area contributed by atoms with Crippen LogP contribution in [0, 0.1) is 5.82 Å². The molecule has 0 radical (unpaired) electrons. The molecule has 3 rings (SSSR count). The van der Waals surface area contributed by atoms with Crippen molar-refractivity contribution in [3.8, 4) is 0 Å². The molecule has 5 nitrogen and oxygen atoms in total. The zero-order chi connectivity index (χ0) is 14.8. The lowest BCUT2D eigenvalue weighted by Crippen LogP contribution is -2.08. The Bertz CT molecular complexity index is 814. The summed E-state index contributed by atoms with van der Waals surface area (Å²) in [6, 6.07) is 11.3.